The normalized spacial score (nSPS) is 11.7. The first-order valence-electron chi connectivity index (χ1n) is 6.29. The third-order valence-corrected chi connectivity index (χ3v) is 6.91. The highest BCUT2D eigenvalue weighted by molar-refractivity contribution is 7.91. The Morgan fingerprint density at radius 1 is 1.18 bits per heavy atom. The first-order valence-corrected chi connectivity index (χ1v) is 9.85. The lowest BCUT2D eigenvalue weighted by atomic mass is 10.2. The predicted molar refractivity (Wildman–Crippen MR) is 90.9 cm³/mol. The number of hydrogen-bond acceptors (Lipinski definition) is 5. The van der Waals surface area contributed by atoms with Gasteiger partial charge in [-0.25, -0.2) is 13.1 Å². The van der Waals surface area contributed by atoms with E-state index in [4.69, 9.17) is 11.6 Å². The van der Waals surface area contributed by atoms with E-state index in [0.29, 0.717) is 4.34 Å². The molecule has 0 aliphatic heterocycles. The van der Waals surface area contributed by atoms with Crippen molar-refractivity contribution in [3.63, 3.8) is 0 Å². The summed E-state index contributed by atoms with van der Waals surface area (Å²) >= 11 is 8.40. The van der Waals surface area contributed by atoms with Gasteiger partial charge in [-0.05, 0) is 35.2 Å². The molecule has 0 amide bonds. The molecule has 0 fully saturated rings. The number of nitrogens with one attached hydrogen (secondary N) is 1. The molecule has 114 valence electrons. The summed E-state index contributed by atoms with van der Waals surface area (Å²) < 4.78 is 27.7. The number of nitrogens with zero attached hydrogens (tertiary/aromatic N) is 1. The summed E-state index contributed by atoms with van der Waals surface area (Å²) in [6.45, 7) is 0.179. The molecule has 0 saturated carbocycles. The zero-order chi connectivity index (χ0) is 15.6. The zero-order valence-electron chi connectivity index (χ0n) is 11.2. The van der Waals surface area contributed by atoms with Crippen molar-refractivity contribution in [1.82, 2.24) is 9.71 Å². The Morgan fingerprint density at radius 3 is 2.73 bits per heavy atom. The minimum absolute atomic E-state index is 0.179. The van der Waals surface area contributed by atoms with Crippen molar-refractivity contribution in [2.24, 2.45) is 0 Å². The highest BCUT2D eigenvalue weighted by atomic mass is 35.5. The smallest absolute Gasteiger partial charge is 0.250 e. The minimum atomic E-state index is -3.56. The largest absolute Gasteiger partial charge is 0.255 e. The van der Waals surface area contributed by atoms with E-state index in [1.54, 1.807) is 29.7 Å². The Bertz CT molecular complexity index is 873. The molecule has 0 spiro atoms. The van der Waals surface area contributed by atoms with E-state index < -0.39 is 10.0 Å². The van der Waals surface area contributed by atoms with Crippen LogP contribution in [0.1, 0.15) is 5.56 Å². The number of sulfonamides is 1. The van der Waals surface area contributed by atoms with Gasteiger partial charge in [-0.3, -0.25) is 4.98 Å². The molecule has 3 heterocycles. The molecule has 1 N–H and O–H groups in total. The molecule has 0 atom stereocenters. The summed E-state index contributed by atoms with van der Waals surface area (Å²) in [6.07, 6.45) is 1.70. The van der Waals surface area contributed by atoms with Gasteiger partial charge in [-0.1, -0.05) is 23.7 Å². The van der Waals surface area contributed by atoms with Crippen LogP contribution in [0.4, 0.5) is 0 Å². The first-order chi connectivity index (χ1) is 10.6. The van der Waals surface area contributed by atoms with Crippen molar-refractivity contribution in [1.29, 1.82) is 0 Å². The highest BCUT2D eigenvalue weighted by Gasteiger charge is 2.17. The van der Waals surface area contributed by atoms with Crippen LogP contribution in [0.15, 0.2) is 52.2 Å². The van der Waals surface area contributed by atoms with Gasteiger partial charge in [0, 0.05) is 12.7 Å². The van der Waals surface area contributed by atoms with E-state index in [-0.39, 0.29) is 10.8 Å². The van der Waals surface area contributed by atoms with Crippen molar-refractivity contribution in [3.8, 4) is 10.6 Å². The van der Waals surface area contributed by atoms with Crippen LogP contribution < -0.4 is 4.72 Å². The molecular formula is C14H11ClN2O2S3. The lowest BCUT2D eigenvalue weighted by molar-refractivity contribution is 0.583. The Morgan fingerprint density at radius 2 is 2.05 bits per heavy atom. The molecule has 22 heavy (non-hydrogen) atoms. The number of aromatic nitrogens is 1. The second kappa shape index (κ2) is 6.47. The fourth-order valence-electron chi connectivity index (χ4n) is 1.90. The first kappa shape index (κ1) is 15.6. The van der Waals surface area contributed by atoms with Crippen molar-refractivity contribution < 1.29 is 8.42 Å². The molecule has 0 aromatic carbocycles. The van der Waals surface area contributed by atoms with Crippen molar-refractivity contribution >= 4 is 44.3 Å². The molecule has 4 nitrogen and oxygen atoms in total. The van der Waals surface area contributed by atoms with Gasteiger partial charge in [0.2, 0.25) is 10.0 Å². The molecule has 3 rings (SSSR count). The molecule has 3 aromatic heterocycles. The monoisotopic (exact) mass is 370 g/mol. The summed E-state index contributed by atoms with van der Waals surface area (Å²) in [6, 6.07) is 10.6. The number of halogens is 1. The quantitative estimate of drug-likeness (QED) is 0.738. The third-order valence-electron chi connectivity index (χ3n) is 2.91. The fraction of sp³-hybridized carbons (Fsp3) is 0.0714. The second-order valence-corrected chi connectivity index (χ2v) is 9.03. The maximum atomic E-state index is 12.2. The van der Waals surface area contributed by atoms with Crippen LogP contribution in [-0.4, -0.2) is 13.4 Å². The Kier molecular flexibility index (Phi) is 4.60. The molecule has 0 bridgehead atoms. The SMILES string of the molecule is O=S(=O)(NCc1cccnc1-c1cccs1)c1ccc(Cl)s1. The summed E-state index contributed by atoms with van der Waals surface area (Å²) in [5.74, 6) is 0. The minimum Gasteiger partial charge on any atom is -0.255 e. The lowest BCUT2D eigenvalue weighted by Crippen LogP contribution is -2.22. The fourth-order valence-corrected chi connectivity index (χ4v) is 5.19. The van der Waals surface area contributed by atoms with Gasteiger partial charge in [0.15, 0.2) is 0 Å². The molecular weight excluding hydrogens is 360 g/mol. The molecule has 0 unspecified atom stereocenters. The Balaban J connectivity index is 1.83. The molecule has 3 aromatic rings. The van der Waals surface area contributed by atoms with E-state index in [1.807, 2.05) is 23.6 Å². The van der Waals surface area contributed by atoms with E-state index >= 15 is 0 Å². The van der Waals surface area contributed by atoms with Gasteiger partial charge in [0.05, 0.1) is 14.9 Å². The van der Waals surface area contributed by atoms with Gasteiger partial charge < -0.3 is 0 Å². The van der Waals surface area contributed by atoms with Gasteiger partial charge in [0.25, 0.3) is 0 Å². The van der Waals surface area contributed by atoms with Crippen molar-refractivity contribution in [3.05, 3.63) is 57.9 Å². The van der Waals surface area contributed by atoms with Crippen LogP contribution in [0.3, 0.4) is 0 Å². The maximum Gasteiger partial charge on any atom is 0.250 e. The van der Waals surface area contributed by atoms with Crippen LogP contribution in [0, 0.1) is 0 Å². The number of hydrogen-bond donors (Lipinski definition) is 1. The number of thiophene rings is 2. The van der Waals surface area contributed by atoms with Crippen LogP contribution in [-0.2, 0) is 16.6 Å². The van der Waals surface area contributed by atoms with Gasteiger partial charge in [-0.2, -0.15) is 0 Å². The molecule has 0 radical (unpaired) electrons. The highest BCUT2D eigenvalue weighted by Crippen LogP contribution is 2.27. The van der Waals surface area contributed by atoms with E-state index in [2.05, 4.69) is 9.71 Å². The Labute approximate surface area is 141 Å². The van der Waals surface area contributed by atoms with Crippen LogP contribution in [0.25, 0.3) is 10.6 Å². The van der Waals surface area contributed by atoms with E-state index in [0.717, 1.165) is 27.5 Å². The number of rotatable bonds is 5. The average Bonchev–Trinajstić information content (AvgIpc) is 3.17. The average molecular weight is 371 g/mol. The predicted octanol–water partition coefficient (Wildman–Crippen LogP) is 4.00. The molecule has 0 aliphatic carbocycles. The van der Waals surface area contributed by atoms with E-state index in [1.165, 1.54) is 6.07 Å². The standard InChI is InChI=1S/C14H11ClN2O2S3/c15-12-5-6-13(21-12)22(18,19)17-9-10-3-1-7-16-14(10)11-4-2-8-20-11/h1-8,17H,9H2. The molecule has 0 aliphatic rings. The van der Waals surface area contributed by atoms with Gasteiger partial charge in [-0.15, -0.1) is 22.7 Å². The van der Waals surface area contributed by atoms with Crippen LogP contribution in [0.2, 0.25) is 4.34 Å². The van der Waals surface area contributed by atoms with Crippen LogP contribution >= 0.6 is 34.3 Å². The Hall–Kier alpha value is -1.25. The summed E-state index contributed by atoms with van der Waals surface area (Å²) in [7, 11) is -3.56. The van der Waals surface area contributed by atoms with Gasteiger partial charge in [0.1, 0.15) is 4.21 Å². The molecule has 8 heteroatoms. The summed E-state index contributed by atoms with van der Waals surface area (Å²) in [5, 5.41) is 1.96. The topological polar surface area (TPSA) is 59.1 Å². The maximum absolute atomic E-state index is 12.2. The van der Waals surface area contributed by atoms with Gasteiger partial charge >= 0.3 is 0 Å². The lowest BCUT2D eigenvalue weighted by Gasteiger charge is -2.08. The third kappa shape index (κ3) is 3.39. The second-order valence-electron chi connectivity index (χ2n) is 4.37. The summed E-state index contributed by atoms with van der Waals surface area (Å²) in [5.41, 5.74) is 1.63. The van der Waals surface area contributed by atoms with E-state index in [9.17, 15) is 8.42 Å². The van der Waals surface area contributed by atoms with Crippen molar-refractivity contribution in [2.45, 2.75) is 10.8 Å². The van der Waals surface area contributed by atoms with Crippen LogP contribution in [0.5, 0.6) is 0 Å². The summed E-state index contributed by atoms with van der Waals surface area (Å²) in [4.78, 5) is 5.36. The molecule has 0 saturated heterocycles. The number of pyridine rings is 1. The zero-order valence-corrected chi connectivity index (χ0v) is 14.4. The van der Waals surface area contributed by atoms with Crippen molar-refractivity contribution in [2.75, 3.05) is 0 Å².